The van der Waals surface area contributed by atoms with Crippen molar-refractivity contribution >= 4 is 11.9 Å². The molecule has 2 aromatic rings. The Morgan fingerprint density at radius 3 is 2.62 bits per heavy atom. The van der Waals surface area contributed by atoms with E-state index in [1.54, 1.807) is 0 Å². The summed E-state index contributed by atoms with van der Waals surface area (Å²) in [5.74, 6) is -1.22. The minimum atomic E-state index is -0.610. The van der Waals surface area contributed by atoms with E-state index in [4.69, 9.17) is 4.74 Å². The molecule has 1 aliphatic heterocycles. The number of allylic oxidation sites excluding steroid dienone is 1. The highest BCUT2D eigenvalue weighted by Crippen LogP contribution is 2.40. The van der Waals surface area contributed by atoms with Crippen LogP contribution in [0.4, 0.5) is 0 Å². The Kier molecular flexibility index (Phi) is 2.69. The van der Waals surface area contributed by atoms with Crippen LogP contribution in [0.2, 0.25) is 0 Å². The summed E-state index contributed by atoms with van der Waals surface area (Å²) in [5.41, 5.74) is -0.296. The Morgan fingerprint density at radius 2 is 1.90 bits per heavy atom. The van der Waals surface area contributed by atoms with Crippen LogP contribution in [-0.4, -0.2) is 25.9 Å². The topological polar surface area (TPSA) is 109 Å². The second kappa shape index (κ2) is 4.41. The molecule has 0 unspecified atom stereocenters. The fourth-order valence-corrected chi connectivity index (χ4v) is 2.01. The molecule has 0 aliphatic carbocycles. The third kappa shape index (κ3) is 2.10. The number of carbonyl (C=O) groups excluding carboxylic acids is 1. The summed E-state index contributed by atoms with van der Waals surface area (Å²) in [5, 5.41) is 28.3. The lowest BCUT2D eigenvalue weighted by Crippen LogP contribution is -2.15. The van der Waals surface area contributed by atoms with Crippen LogP contribution in [0.15, 0.2) is 41.0 Å². The first kappa shape index (κ1) is 12.8. The van der Waals surface area contributed by atoms with Gasteiger partial charge in [-0.15, -0.1) is 0 Å². The van der Waals surface area contributed by atoms with Gasteiger partial charge in [0.15, 0.2) is 5.76 Å². The fourth-order valence-electron chi connectivity index (χ4n) is 2.01. The molecule has 3 N–H and O–H groups in total. The summed E-state index contributed by atoms with van der Waals surface area (Å²) in [7, 11) is 0. The number of hydrogen-bond donors (Lipinski definition) is 3. The predicted molar refractivity (Wildman–Crippen MR) is 70.6 cm³/mol. The van der Waals surface area contributed by atoms with Gasteiger partial charge in [0.25, 0.3) is 5.56 Å². The highest BCUT2D eigenvalue weighted by molar-refractivity contribution is 6.16. The number of aromatic nitrogens is 1. The van der Waals surface area contributed by atoms with Crippen molar-refractivity contribution in [2.45, 2.75) is 0 Å². The predicted octanol–water partition coefficient (Wildman–Crippen LogP) is 1.11. The first-order valence-corrected chi connectivity index (χ1v) is 5.88. The molecular weight excluding hydrogens is 278 g/mol. The Balaban J connectivity index is 2.04. The number of ketones is 1. The molecule has 7 nitrogen and oxygen atoms in total. The quantitative estimate of drug-likeness (QED) is 0.535. The van der Waals surface area contributed by atoms with Gasteiger partial charge in [-0.1, -0.05) is 0 Å². The molecule has 3 rings (SSSR count). The normalized spacial score (nSPS) is 15.0. The lowest BCUT2D eigenvalue weighted by molar-refractivity contribution is 0.101. The lowest BCUT2D eigenvalue weighted by Gasteiger charge is -2.00. The zero-order chi connectivity index (χ0) is 15.1. The summed E-state index contributed by atoms with van der Waals surface area (Å²) in [4.78, 5) is 23.2. The van der Waals surface area contributed by atoms with Crippen molar-refractivity contribution in [1.82, 2.24) is 4.73 Å². The molecule has 0 spiro atoms. The number of nitrogens with zero attached hydrogens (tertiary/aromatic N) is 1. The molecule has 0 bridgehead atoms. The van der Waals surface area contributed by atoms with Crippen LogP contribution in [0.1, 0.15) is 15.9 Å². The molecule has 1 aromatic heterocycles. The summed E-state index contributed by atoms with van der Waals surface area (Å²) in [6.45, 7) is 0. The smallest absolute Gasteiger partial charge is 0.282 e. The monoisotopic (exact) mass is 287 g/mol. The minimum Gasteiger partial charge on any atom is -0.508 e. The molecule has 0 fully saturated rings. The van der Waals surface area contributed by atoms with E-state index in [2.05, 4.69) is 0 Å². The van der Waals surface area contributed by atoms with Crippen LogP contribution in [-0.2, 0) is 0 Å². The van der Waals surface area contributed by atoms with Gasteiger partial charge in [0, 0.05) is 18.2 Å². The van der Waals surface area contributed by atoms with Crippen molar-refractivity contribution in [3.8, 4) is 17.2 Å². The number of Topliss-reactive ketones (excluding diaryl/α,β-unsaturated/α-hetero) is 1. The zero-order valence-corrected chi connectivity index (χ0v) is 10.5. The zero-order valence-electron chi connectivity index (χ0n) is 10.5. The Labute approximate surface area is 117 Å². The van der Waals surface area contributed by atoms with E-state index >= 15 is 0 Å². The van der Waals surface area contributed by atoms with Gasteiger partial charge in [0.1, 0.15) is 22.8 Å². The van der Waals surface area contributed by atoms with Crippen molar-refractivity contribution in [3.05, 3.63) is 57.7 Å². The van der Waals surface area contributed by atoms with E-state index in [0.717, 1.165) is 18.3 Å². The van der Waals surface area contributed by atoms with Gasteiger partial charge in [-0.05, 0) is 17.7 Å². The maximum Gasteiger partial charge on any atom is 0.282 e. The maximum absolute atomic E-state index is 12.1. The standard InChI is InChI=1S/C14H9NO6/c16-8-4-9(17)13-10(5-8)21-11(14(13)19)3-7-1-2-12(18)15(20)6-7/h1-6,16-17,20H/b11-3-. The molecule has 0 amide bonds. The Morgan fingerprint density at radius 1 is 1.14 bits per heavy atom. The molecule has 1 aliphatic rings. The summed E-state index contributed by atoms with van der Waals surface area (Å²) in [6.07, 6.45) is 2.43. The van der Waals surface area contributed by atoms with E-state index < -0.39 is 11.3 Å². The average molecular weight is 287 g/mol. The second-order valence-electron chi connectivity index (χ2n) is 4.42. The summed E-state index contributed by atoms with van der Waals surface area (Å²) < 4.78 is 5.65. The fraction of sp³-hybridized carbons (Fsp3) is 0. The van der Waals surface area contributed by atoms with Crippen molar-refractivity contribution in [2.75, 3.05) is 0 Å². The number of phenols is 2. The molecule has 21 heavy (non-hydrogen) atoms. The van der Waals surface area contributed by atoms with Crippen molar-refractivity contribution in [2.24, 2.45) is 0 Å². The number of ether oxygens (including phenoxy) is 1. The summed E-state index contributed by atoms with van der Waals surface area (Å²) in [6, 6.07) is 4.78. The van der Waals surface area contributed by atoms with E-state index in [1.165, 1.54) is 18.2 Å². The van der Waals surface area contributed by atoms with Crippen LogP contribution >= 0.6 is 0 Å². The second-order valence-corrected chi connectivity index (χ2v) is 4.42. The number of phenolic OH excluding ortho intramolecular Hbond substituents is 2. The largest absolute Gasteiger partial charge is 0.508 e. The number of pyridine rings is 1. The molecule has 0 atom stereocenters. The van der Waals surface area contributed by atoms with Gasteiger partial charge in [-0.3, -0.25) is 9.59 Å². The van der Waals surface area contributed by atoms with Gasteiger partial charge >= 0.3 is 0 Å². The average Bonchev–Trinajstić information content (AvgIpc) is 2.70. The first-order valence-electron chi connectivity index (χ1n) is 5.88. The number of aromatic hydroxyl groups is 2. The number of benzene rings is 1. The van der Waals surface area contributed by atoms with Crippen LogP contribution in [0.25, 0.3) is 6.08 Å². The van der Waals surface area contributed by atoms with E-state index in [-0.39, 0.29) is 28.6 Å². The van der Waals surface area contributed by atoms with Gasteiger partial charge < -0.3 is 20.2 Å². The van der Waals surface area contributed by atoms with Crippen molar-refractivity contribution in [1.29, 1.82) is 0 Å². The van der Waals surface area contributed by atoms with Crippen LogP contribution in [0.5, 0.6) is 17.2 Å². The molecule has 1 aromatic carbocycles. The molecule has 2 heterocycles. The lowest BCUT2D eigenvalue weighted by atomic mass is 10.1. The maximum atomic E-state index is 12.1. The first-order chi connectivity index (χ1) is 9.95. The molecule has 0 saturated carbocycles. The Hall–Kier alpha value is -3.22. The molecule has 7 heteroatoms. The highest BCUT2D eigenvalue weighted by atomic mass is 16.5. The Bertz CT molecular complexity index is 849. The van der Waals surface area contributed by atoms with Gasteiger partial charge in [-0.2, -0.15) is 4.73 Å². The number of hydrogen-bond acceptors (Lipinski definition) is 6. The van der Waals surface area contributed by atoms with Gasteiger partial charge in [0.05, 0.1) is 6.20 Å². The number of carbonyl (C=O) groups is 1. The van der Waals surface area contributed by atoms with Crippen molar-refractivity contribution < 1.29 is 25.0 Å². The van der Waals surface area contributed by atoms with E-state index in [9.17, 15) is 25.0 Å². The minimum absolute atomic E-state index is 0.0427. The third-order valence-corrected chi connectivity index (χ3v) is 2.95. The molecule has 0 radical (unpaired) electrons. The van der Waals surface area contributed by atoms with Crippen molar-refractivity contribution in [3.63, 3.8) is 0 Å². The van der Waals surface area contributed by atoms with Crippen LogP contribution in [0.3, 0.4) is 0 Å². The summed E-state index contributed by atoms with van der Waals surface area (Å²) >= 11 is 0. The van der Waals surface area contributed by atoms with Crippen LogP contribution in [0, 0.1) is 0 Å². The van der Waals surface area contributed by atoms with Crippen LogP contribution < -0.4 is 10.3 Å². The molecular formula is C14H9NO6. The SMILES string of the molecule is O=C1/C(=C/c2ccc(=O)n(O)c2)Oc2cc(O)cc(O)c21. The van der Waals surface area contributed by atoms with Gasteiger partial charge in [-0.25, -0.2) is 0 Å². The van der Waals surface area contributed by atoms with E-state index in [1.807, 2.05) is 0 Å². The number of rotatable bonds is 1. The number of fused-ring (bicyclic) bond motifs is 1. The highest BCUT2D eigenvalue weighted by Gasteiger charge is 2.31. The van der Waals surface area contributed by atoms with E-state index in [0.29, 0.717) is 10.3 Å². The third-order valence-electron chi connectivity index (χ3n) is 2.95. The molecule has 0 saturated heterocycles. The molecule has 106 valence electrons. The van der Waals surface area contributed by atoms with Gasteiger partial charge in [0.2, 0.25) is 5.78 Å².